The quantitative estimate of drug-likeness (QED) is 0.894. The fraction of sp³-hybridized carbons (Fsp3) is 0.571. The summed E-state index contributed by atoms with van der Waals surface area (Å²) in [5.74, 6) is 0. The number of nitrogens with two attached hydrogens (primary N) is 1. The molecule has 1 saturated carbocycles. The van der Waals surface area contributed by atoms with Crippen molar-refractivity contribution < 1.29 is 0 Å². The molecule has 2 rings (SSSR count). The topological polar surface area (TPSA) is 29.3 Å². The Hall–Kier alpha value is -0.280. The summed E-state index contributed by atoms with van der Waals surface area (Å²) in [5.41, 5.74) is 6.93. The largest absolute Gasteiger partial charge is 0.329 e. The van der Waals surface area contributed by atoms with Gasteiger partial charge in [0.15, 0.2) is 0 Å². The predicted octanol–water partition coefficient (Wildman–Crippen LogP) is 3.70. The van der Waals surface area contributed by atoms with E-state index in [-0.39, 0.29) is 0 Å². The first-order chi connectivity index (χ1) is 8.70. The molecular formula is C14H20Cl2N2. The van der Waals surface area contributed by atoms with E-state index < -0.39 is 0 Å². The molecule has 1 fully saturated rings. The molecule has 0 unspecified atom stereocenters. The molecule has 2 N–H and O–H groups in total. The lowest BCUT2D eigenvalue weighted by molar-refractivity contribution is 0.195. The molecule has 0 radical (unpaired) electrons. The zero-order valence-electron chi connectivity index (χ0n) is 10.5. The molecule has 2 nitrogen and oxygen atoms in total. The Morgan fingerprint density at radius 2 is 1.89 bits per heavy atom. The molecule has 0 heterocycles. The first kappa shape index (κ1) is 14.1. The van der Waals surface area contributed by atoms with E-state index in [0.717, 1.165) is 13.1 Å². The van der Waals surface area contributed by atoms with E-state index in [0.29, 0.717) is 22.6 Å². The Morgan fingerprint density at radius 1 is 1.17 bits per heavy atom. The molecule has 0 spiro atoms. The minimum absolute atomic E-state index is 0.617. The van der Waals surface area contributed by atoms with Crippen LogP contribution < -0.4 is 5.73 Å². The van der Waals surface area contributed by atoms with E-state index in [1.807, 2.05) is 18.2 Å². The molecular weight excluding hydrogens is 267 g/mol. The lowest BCUT2D eigenvalue weighted by atomic mass is 10.1. The van der Waals surface area contributed by atoms with Crippen molar-refractivity contribution in [2.45, 2.75) is 38.3 Å². The van der Waals surface area contributed by atoms with Gasteiger partial charge in [0.25, 0.3) is 0 Å². The minimum Gasteiger partial charge on any atom is -0.329 e. The van der Waals surface area contributed by atoms with Gasteiger partial charge in [0.05, 0.1) is 10.0 Å². The highest BCUT2D eigenvalue weighted by molar-refractivity contribution is 6.42. The van der Waals surface area contributed by atoms with E-state index in [1.54, 1.807) is 0 Å². The van der Waals surface area contributed by atoms with E-state index in [9.17, 15) is 0 Å². The van der Waals surface area contributed by atoms with Crippen molar-refractivity contribution in [1.82, 2.24) is 4.90 Å². The molecule has 0 aliphatic heterocycles. The zero-order chi connectivity index (χ0) is 13.0. The van der Waals surface area contributed by atoms with Gasteiger partial charge in [-0.15, -0.1) is 0 Å². The Morgan fingerprint density at radius 3 is 2.50 bits per heavy atom. The molecule has 0 saturated heterocycles. The molecule has 100 valence electrons. The summed E-state index contributed by atoms with van der Waals surface area (Å²) in [6, 6.07) is 6.56. The smallest absolute Gasteiger partial charge is 0.0595 e. The third-order valence-electron chi connectivity index (χ3n) is 3.63. The maximum absolute atomic E-state index is 6.06. The number of halogens is 2. The monoisotopic (exact) mass is 286 g/mol. The Labute approximate surface area is 119 Å². The maximum Gasteiger partial charge on any atom is 0.0595 e. The van der Waals surface area contributed by atoms with Crippen LogP contribution in [0.5, 0.6) is 0 Å². The second kappa shape index (κ2) is 6.76. The van der Waals surface area contributed by atoms with Crippen molar-refractivity contribution in [2.75, 3.05) is 13.1 Å². The van der Waals surface area contributed by atoms with Crippen molar-refractivity contribution >= 4 is 23.2 Å². The first-order valence-corrected chi connectivity index (χ1v) is 7.34. The van der Waals surface area contributed by atoms with Crippen molar-refractivity contribution in [3.63, 3.8) is 0 Å². The number of rotatable bonds is 5. The summed E-state index contributed by atoms with van der Waals surface area (Å²) in [4.78, 5) is 2.48. The van der Waals surface area contributed by atoms with Gasteiger partial charge < -0.3 is 5.73 Å². The van der Waals surface area contributed by atoms with E-state index >= 15 is 0 Å². The van der Waals surface area contributed by atoms with Crippen LogP contribution in [0.1, 0.15) is 31.2 Å². The number of hydrogen-bond donors (Lipinski definition) is 1. The second-order valence-corrected chi connectivity index (χ2v) is 5.76. The van der Waals surface area contributed by atoms with E-state index in [1.165, 1.54) is 31.2 Å². The van der Waals surface area contributed by atoms with Gasteiger partial charge in [-0.1, -0.05) is 42.1 Å². The molecule has 0 amide bonds. The van der Waals surface area contributed by atoms with Gasteiger partial charge in [-0.05, 0) is 30.5 Å². The van der Waals surface area contributed by atoms with Gasteiger partial charge >= 0.3 is 0 Å². The molecule has 1 aliphatic rings. The summed E-state index contributed by atoms with van der Waals surface area (Å²) in [7, 11) is 0. The van der Waals surface area contributed by atoms with Crippen molar-refractivity contribution in [3.8, 4) is 0 Å². The lowest BCUT2D eigenvalue weighted by Gasteiger charge is -2.28. The Kier molecular flexibility index (Phi) is 5.31. The summed E-state index contributed by atoms with van der Waals surface area (Å²) < 4.78 is 0. The van der Waals surface area contributed by atoms with Gasteiger partial charge in [-0.25, -0.2) is 0 Å². The van der Waals surface area contributed by atoms with Gasteiger partial charge in [-0.2, -0.15) is 0 Å². The molecule has 0 atom stereocenters. The fourth-order valence-electron chi connectivity index (χ4n) is 2.70. The summed E-state index contributed by atoms with van der Waals surface area (Å²) in [5, 5.41) is 1.25. The molecule has 1 aromatic carbocycles. The van der Waals surface area contributed by atoms with Crippen LogP contribution in [0.3, 0.4) is 0 Å². The van der Waals surface area contributed by atoms with Crippen LogP contribution in [-0.4, -0.2) is 24.0 Å². The van der Waals surface area contributed by atoms with Crippen LogP contribution in [0.15, 0.2) is 18.2 Å². The van der Waals surface area contributed by atoms with Crippen LogP contribution >= 0.6 is 23.2 Å². The minimum atomic E-state index is 0.617. The summed E-state index contributed by atoms with van der Waals surface area (Å²) >= 11 is 12.0. The van der Waals surface area contributed by atoms with Gasteiger partial charge in [0.2, 0.25) is 0 Å². The number of nitrogens with zero attached hydrogens (tertiary/aromatic N) is 1. The zero-order valence-corrected chi connectivity index (χ0v) is 12.1. The Bertz CT molecular complexity index is 389. The van der Waals surface area contributed by atoms with E-state index in [4.69, 9.17) is 28.9 Å². The van der Waals surface area contributed by atoms with Crippen molar-refractivity contribution in [3.05, 3.63) is 33.8 Å². The number of hydrogen-bond acceptors (Lipinski definition) is 2. The molecule has 1 aliphatic carbocycles. The average Bonchev–Trinajstić information content (AvgIpc) is 2.87. The molecule has 1 aromatic rings. The van der Waals surface area contributed by atoms with E-state index in [2.05, 4.69) is 4.90 Å². The van der Waals surface area contributed by atoms with Gasteiger partial charge in [0, 0.05) is 25.7 Å². The standard InChI is InChI=1S/C14H20Cl2N2/c15-13-6-5-11(9-14(13)16)10-18(8-7-17)12-3-1-2-4-12/h5-6,9,12H,1-4,7-8,10,17H2. The third-order valence-corrected chi connectivity index (χ3v) is 4.37. The Balaban J connectivity index is 2.04. The normalized spacial score (nSPS) is 16.7. The van der Waals surface area contributed by atoms with Crippen LogP contribution in [0, 0.1) is 0 Å². The SMILES string of the molecule is NCCN(Cc1ccc(Cl)c(Cl)c1)C1CCCC1. The van der Waals surface area contributed by atoms with Crippen LogP contribution in [0.25, 0.3) is 0 Å². The average molecular weight is 287 g/mol. The van der Waals surface area contributed by atoms with Crippen LogP contribution in [-0.2, 0) is 6.54 Å². The first-order valence-electron chi connectivity index (χ1n) is 6.58. The summed E-state index contributed by atoms with van der Waals surface area (Å²) in [6.07, 6.45) is 5.27. The fourth-order valence-corrected chi connectivity index (χ4v) is 3.02. The molecule has 0 bridgehead atoms. The molecule has 18 heavy (non-hydrogen) atoms. The highest BCUT2D eigenvalue weighted by Crippen LogP contribution is 2.27. The van der Waals surface area contributed by atoms with Crippen LogP contribution in [0.4, 0.5) is 0 Å². The van der Waals surface area contributed by atoms with Gasteiger partial charge in [0.1, 0.15) is 0 Å². The third kappa shape index (κ3) is 3.61. The summed E-state index contributed by atoms with van der Waals surface area (Å²) in [6.45, 7) is 2.57. The molecule has 4 heteroatoms. The van der Waals surface area contributed by atoms with Crippen molar-refractivity contribution in [2.24, 2.45) is 5.73 Å². The second-order valence-electron chi connectivity index (χ2n) is 4.95. The van der Waals surface area contributed by atoms with Crippen LogP contribution in [0.2, 0.25) is 10.0 Å². The maximum atomic E-state index is 6.06. The highest BCUT2D eigenvalue weighted by Gasteiger charge is 2.22. The van der Waals surface area contributed by atoms with Crippen molar-refractivity contribution in [1.29, 1.82) is 0 Å². The van der Waals surface area contributed by atoms with Gasteiger partial charge in [-0.3, -0.25) is 4.90 Å². The highest BCUT2D eigenvalue weighted by atomic mass is 35.5. The molecule has 0 aromatic heterocycles. The number of benzene rings is 1. The predicted molar refractivity (Wildman–Crippen MR) is 78.2 cm³/mol. The lowest BCUT2D eigenvalue weighted by Crippen LogP contribution is -2.36.